The zero-order chi connectivity index (χ0) is 18.5. The van der Waals surface area contributed by atoms with Crippen LogP contribution in [0.25, 0.3) is 0 Å². The molecule has 26 heavy (non-hydrogen) atoms. The first-order chi connectivity index (χ1) is 12.6. The number of hydrogen-bond donors (Lipinski definition) is 1. The molecule has 2 heterocycles. The fourth-order valence-electron chi connectivity index (χ4n) is 3.20. The highest BCUT2D eigenvalue weighted by Crippen LogP contribution is 2.20. The van der Waals surface area contributed by atoms with Crippen LogP contribution in [-0.4, -0.2) is 59.4 Å². The third-order valence-electron chi connectivity index (χ3n) is 4.66. The molecule has 1 aromatic carbocycles. The number of hydrogen-bond acceptors (Lipinski definition) is 3. The maximum absolute atomic E-state index is 12.7. The van der Waals surface area contributed by atoms with Crippen molar-refractivity contribution in [2.24, 2.45) is 0 Å². The van der Waals surface area contributed by atoms with Crippen molar-refractivity contribution in [3.8, 4) is 5.75 Å². The van der Waals surface area contributed by atoms with Crippen LogP contribution in [0.4, 0.5) is 0 Å². The maximum atomic E-state index is 12.7. The summed E-state index contributed by atoms with van der Waals surface area (Å²) in [5.74, 6) is 0.923. The van der Waals surface area contributed by atoms with E-state index < -0.39 is 0 Å². The highest BCUT2D eigenvalue weighted by atomic mass is 16.5. The van der Waals surface area contributed by atoms with Crippen molar-refractivity contribution >= 4 is 11.8 Å². The third kappa shape index (κ3) is 4.07. The number of piperazine rings is 1. The summed E-state index contributed by atoms with van der Waals surface area (Å²) in [6.45, 7) is 6.76. The van der Waals surface area contributed by atoms with E-state index in [-0.39, 0.29) is 11.8 Å². The average molecular weight is 355 g/mol. The molecular formula is C20H25N3O3. The zero-order valence-corrected chi connectivity index (χ0v) is 15.3. The number of amides is 2. The molecule has 2 amide bonds. The molecule has 1 aliphatic heterocycles. The number of H-pyrrole nitrogens is 1. The predicted molar refractivity (Wildman–Crippen MR) is 99.3 cm³/mol. The van der Waals surface area contributed by atoms with Gasteiger partial charge in [0.15, 0.2) is 0 Å². The van der Waals surface area contributed by atoms with E-state index in [0.717, 1.165) is 16.9 Å². The van der Waals surface area contributed by atoms with Gasteiger partial charge in [-0.2, -0.15) is 0 Å². The largest absolute Gasteiger partial charge is 0.494 e. The summed E-state index contributed by atoms with van der Waals surface area (Å²) >= 11 is 0. The Kier molecular flexibility index (Phi) is 5.61. The Bertz CT molecular complexity index is 763. The number of aromatic amines is 1. The van der Waals surface area contributed by atoms with Crippen molar-refractivity contribution in [2.75, 3.05) is 32.8 Å². The number of carbonyl (C=O) groups excluding carboxylic acids is 2. The molecule has 0 bridgehead atoms. The van der Waals surface area contributed by atoms with Gasteiger partial charge in [-0.05, 0) is 49.2 Å². The van der Waals surface area contributed by atoms with Gasteiger partial charge in [-0.3, -0.25) is 9.59 Å². The second kappa shape index (κ2) is 8.08. The van der Waals surface area contributed by atoms with Crippen LogP contribution in [0, 0.1) is 6.92 Å². The summed E-state index contributed by atoms with van der Waals surface area (Å²) in [6, 6.07) is 7.44. The third-order valence-corrected chi connectivity index (χ3v) is 4.66. The molecule has 1 aromatic heterocycles. The molecule has 0 aliphatic carbocycles. The fraction of sp³-hybridized carbons (Fsp3) is 0.400. The van der Waals surface area contributed by atoms with Gasteiger partial charge in [0.25, 0.3) is 5.91 Å². The van der Waals surface area contributed by atoms with Crippen molar-refractivity contribution in [3.63, 3.8) is 0 Å². The minimum atomic E-state index is 0.00822. The number of rotatable bonds is 5. The highest BCUT2D eigenvalue weighted by Gasteiger charge is 2.25. The molecule has 1 saturated heterocycles. The Morgan fingerprint density at radius 1 is 1.12 bits per heavy atom. The monoisotopic (exact) mass is 355 g/mol. The standard InChI is InChI=1S/C20H25N3O3/c1-3-26-18-5-4-17(12-15(18)2)20(25)23-10-8-22(9-11-23)19(24)13-16-6-7-21-14-16/h4-7,12,14,21H,3,8-11,13H2,1-2H3. The van der Waals surface area contributed by atoms with Gasteiger partial charge in [-0.15, -0.1) is 0 Å². The molecule has 2 aromatic rings. The van der Waals surface area contributed by atoms with Crippen molar-refractivity contribution in [1.29, 1.82) is 0 Å². The van der Waals surface area contributed by atoms with Crippen LogP contribution in [0.1, 0.15) is 28.4 Å². The lowest BCUT2D eigenvalue weighted by Gasteiger charge is -2.35. The maximum Gasteiger partial charge on any atom is 0.253 e. The fourth-order valence-corrected chi connectivity index (χ4v) is 3.20. The van der Waals surface area contributed by atoms with Crippen LogP contribution < -0.4 is 4.74 Å². The lowest BCUT2D eigenvalue weighted by molar-refractivity contribution is -0.131. The van der Waals surface area contributed by atoms with Crippen molar-refractivity contribution < 1.29 is 14.3 Å². The Morgan fingerprint density at radius 3 is 2.46 bits per heavy atom. The molecule has 0 atom stereocenters. The molecule has 0 radical (unpaired) electrons. The van der Waals surface area contributed by atoms with Crippen LogP contribution in [0.5, 0.6) is 5.75 Å². The number of aromatic nitrogens is 1. The van der Waals surface area contributed by atoms with Crippen LogP contribution in [0.2, 0.25) is 0 Å². The molecule has 6 nitrogen and oxygen atoms in total. The second-order valence-corrected chi connectivity index (χ2v) is 6.48. The predicted octanol–water partition coefficient (Wildman–Crippen LogP) is 2.25. The molecule has 1 N–H and O–H groups in total. The summed E-state index contributed by atoms with van der Waals surface area (Å²) in [5, 5.41) is 0. The van der Waals surface area contributed by atoms with Crippen molar-refractivity contribution in [1.82, 2.24) is 14.8 Å². The lowest BCUT2D eigenvalue weighted by Crippen LogP contribution is -2.51. The minimum absolute atomic E-state index is 0.00822. The highest BCUT2D eigenvalue weighted by molar-refractivity contribution is 5.94. The first kappa shape index (κ1) is 18.0. The molecule has 138 valence electrons. The number of ether oxygens (including phenoxy) is 1. The number of nitrogens with zero attached hydrogens (tertiary/aromatic N) is 2. The average Bonchev–Trinajstić information content (AvgIpc) is 3.16. The summed E-state index contributed by atoms with van der Waals surface area (Å²) in [7, 11) is 0. The number of carbonyl (C=O) groups is 2. The van der Waals surface area contributed by atoms with Gasteiger partial charge in [-0.25, -0.2) is 0 Å². The molecule has 0 unspecified atom stereocenters. The second-order valence-electron chi connectivity index (χ2n) is 6.48. The molecule has 0 saturated carbocycles. The summed E-state index contributed by atoms with van der Waals surface area (Å²) < 4.78 is 5.53. The summed E-state index contributed by atoms with van der Waals surface area (Å²) in [4.78, 5) is 31.7. The summed E-state index contributed by atoms with van der Waals surface area (Å²) in [6.07, 6.45) is 4.06. The topological polar surface area (TPSA) is 65.6 Å². The SMILES string of the molecule is CCOc1ccc(C(=O)N2CCN(C(=O)Cc3cc[nH]c3)CC2)cc1C. The van der Waals surface area contributed by atoms with Gasteiger partial charge in [0.1, 0.15) is 5.75 Å². The van der Waals surface area contributed by atoms with Crippen LogP contribution >= 0.6 is 0 Å². The van der Waals surface area contributed by atoms with E-state index in [0.29, 0.717) is 44.8 Å². The summed E-state index contributed by atoms with van der Waals surface area (Å²) in [5.41, 5.74) is 2.61. The van der Waals surface area contributed by atoms with Gasteiger partial charge in [0, 0.05) is 44.1 Å². The van der Waals surface area contributed by atoms with Crippen LogP contribution in [0.3, 0.4) is 0 Å². The normalized spacial score (nSPS) is 14.4. The lowest BCUT2D eigenvalue weighted by atomic mass is 10.1. The van der Waals surface area contributed by atoms with Gasteiger partial charge in [-0.1, -0.05) is 0 Å². The van der Waals surface area contributed by atoms with E-state index in [1.807, 2.05) is 60.3 Å². The Hall–Kier alpha value is -2.76. The number of benzene rings is 1. The van der Waals surface area contributed by atoms with E-state index in [1.165, 1.54) is 0 Å². The molecule has 1 fully saturated rings. The molecule has 1 aliphatic rings. The van der Waals surface area contributed by atoms with Crippen LogP contribution in [-0.2, 0) is 11.2 Å². The smallest absolute Gasteiger partial charge is 0.253 e. The molecule has 0 spiro atoms. The van der Waals surface area contributed by atoms with E-state index >= 15 is 0 Å². The minimum Gasteiger partial charge on any atom is -0.494 e. The Labute approximate surface area is 153 Å². The molecular weight excluding hydrogens is 330 g/mol. The number of aryl methyl sites for hydroxylation is 1. The van der Waals surface area contributed by atoms with Gasteiger partial charge in [0.2, 0.25) is 5.91 Å². The van der Waals surface area contributed by atoms with E-state index in [2.05, 4.69) is 4.98 Å². The number of nitrogens with one attached hydrogen (secondary N) is 1. The van der Waals surface area contributed by atoms with Gasteiger partial charge in [0.05, 0.1) is 13.0 Å². The first-order valence-corrected chi connectivity index (χ1v) is 9.00. The first-order valence-electron chi connectivity index (χ1n) is 9.00. The Balaban J connectivity index is 1.56. The van der Waals surface area contributed by atoms with E-state index in [4.69, 9.17) is 4.74 Å². The van der Waals surface area contributed by atoms with Crippen LogP contribution in [0.15, 0.2) is 36.7 Å². The van der Waals surface area contributed by atoms with Gasteiger partial charge >= 0.3 is 0 Å². The Morgan fingerprint density at radius 2 is 1.85 bits per heavy atom. The molecule has 6 heteroatoms. The van der Waals surface area contributed by atoms with Gasteiger partial charge < -0.3 is 19.5 Å². The van der Waals surface area contributed by atoms with Crippen molar-refractivity contribution in [2.45, 2.75) is 20.3 Å². The molecule has 3 rings (SSSR count). The quantitative estimate of drug-likeness (QED) is 0.895. The van der Waals surface area contributed by atoms with E-state index in [1.54, 1.807) is 0 Å². The van der Waals surface area contributed by atoms with Crippen molar-refractivity contribution in [3.05, 3.63) is 53.3 Å². The van der Waals surface area contributed by atoms with E-state index in [9.17, 15) is 9.59 Å². The zero-order valence-electron chi connectivity index (χ0n) is 15.3.